The van der Waals surface area contributed by atoms with E-state index >= 15 is 0 Å². The molecule has 0 aliphatic heterocycles. The second kappa shape index (κ2) is 7.33. The minimum Gasteiger partial charge on any atom is -0.383 e. The van der Waals surface area contributed by atoms with Crippen molar-refractivity contribution in [3.8, 4) is 0 Å². The molecule has 0 aliphatic carbocycles. The molecule has 0 spiro atoms. The lowest BCUT2D eigenvalue weighted by molar-refractivity contribution is -0.121. The van der Waals surface area contributed by atoms with Gasteiger partial charge in [-0.15, -0.1) is 11.3 Å². The molecule has 1 amide bonds. The first-order valence-electron chi connectivity index (χ1n) is 6.92. The number of halogens is 1. The van der Waals surface area contributed by atoms with Crippen LogP contribution in [0.25, 0.3) is 6.08 Å². The first-order valence-corrected chi connectivity index (χ1v) is 7.80. The maximum Gasteiger partial charge on any atom is 0.223 e. The molecule has 0 saturated heterocycles. The van der Waals surface area contributed by atoms with Gasteiger partial charge in [-0.3, -0.25) is 4.79 Å². The fraction of sp³-hybridized carbons (Fsp3) is 0.235. The number of aliphatic hydroxyl groups is 1. The molecule has 3 nitrogen and oxygen atoms in total. The Morgan fingerprint density at radius 1 is 1.41 bits per heavy atom. The third-order valence-electron chi connectivity index (χ3n) is 3.14. The van der Waals surface area contributed by atoms with Gasteiger partial charge in [0, 0.05) is 11.3 Å². The third-order valence-corrected chi connectivity index (χ3v) is 4.27. The molecule has 5 heteroatoms. The first-order chi connectivity index (χ1) is 10.5. The van der Waals surface area contributed by atoms with Crippen LogP contribution in [-0.2, 0) is 10.4 Å². The van der Waals surface area contributed by atoms with Crippen LogP contribution >= 0.6 is 11.3 Å². The Hall–Kier alpha value is -1.98. The number of carbonyl (C=O) groups excluding carboxylic acids is 1. The molecule has 1 unspecified atom stereocenters. The number of carbonyl (C=O) groups is 1. The zero-order valence-electron chi connectivity index (χ0n) is 12.3. The van der Waals surface area contributed by atoms with Crippen molar-refractivity contribution in [3.63, 3.8) is 0 Å². The van der Waals surface area contributed by atoms with E-state index in [1.54, 1.807) is 31.2 Å². The number of benzene rings is 1. The van der Waals surface area contributed by atoms with E-state index in [0.717, 1.165) is 4.88 Å². The van der Waals surface area contributed by atoms with Gasteiger partial charge in [0.1, 0.15) is 11.4 Å². The summed E-state index contributed by atoms with van der Waals surface area (Å²) in [5.74, 6) is -0.497. The predicted molar refractivity (Wildman–Crippen MR) is 87.0 cm³/mol. The zero-order chi connectivity index (χ0) is 16.0. The highest BCUT2D eigenvalue weighted by molar-refractivity contribution is 7.10. The Balaban J connectivity index is 1.81. The van der Waals surface area contributed by atoms with Gasteiger partial charge in [0.05, 0.1) is 6.54 Å². The summed E-state index contributed by atoms with van der Waals surface area (Å²) in [6.45, 7) is 1.82. The van der Waals surface area contributed by atoms with Crippen LogP contribution < -0.4 is 5.32 Å². The van der Waals surface area contributed by atoms with Crippen molar-refractivity contribution in [2.45, 2.75) is 18.9 Å². The van der Waals surface area contributed by atoms with Crippen molar-refractivity contribution in [3.05, 3.63) is 64.1 Å². The maximum atomic E-state index is 13.0. The highest BCUT2D eigenvalue weighted by Crippen LogP contribution is 2.24. The second-order valence-corrected chi connectivity index (χ2v) is 6.14. The average molecular weight is 319 g/mol. The minimum absolute atomic E-state index is 0.153. The van der Waals surface area contributed by atoms with Crippen LogP contribution in [0.4, 0.5) is 4.39 Å². The molecule has 1 heterocycles. The van der Waals surface area contributed by atoms with Gasteiger partial charge in [0.15, 0.2) is 0 Å². The number of thiophene rings is 1. The Kier molecular flexibility index (Phi) is 5.46. The molecule has 22 heavy (non-hydrogen) atoms. The molecule has 0 bridgehead atoms. The normalized spacial score (nSPS) is 14.0. The van der Waals surface area contributed by atoms with Crippen molar-refractivity contribution in [1.82, 2.24) is 5.32 Å². The number of hydrogen-bond acceptors (Lipinski definition) is 3. The summed E-state index contributed by atoms with van der Waals surface area (Å²) in [5, 5.41) is 14.9. The molecule has 0 radical (unpaired) electrons. The third kappa shape index (κ3) is 4.79. The topological polar surface area (TPSA) is 49.3 Å². The number of hydrogen-bond donors (Lipinski definition) is 2. The Labute approximate surface area is 133 Å². The van der Waals surface area contributed by atoms with Crippen molar-refractivity contribution in [1.29, 1.82) is 0 Å². The molecular weight excluding hydrogens is 301 g/mol. The summed E-state index contributed by atoms with van der Waals surface area (Å²) < 4.78 is 13.0. The van der Waals surface area contributed by atoms with E-state index in [0.29, 0.717) is 5.56 Å². The van der Waals surface area contributed by atoms with E-state index in [4.69, 9.17) is 0 Å². The first kappa shape index (κ1) is 16.4. The van der Waals surface area contributed by atoms with E-state index < -0.39 is 5.60 Å². The van der Waals surface area contributed by atoms with E-state index in [-0.39, 0.29) is 24.7 Å². The zero-order valence-corrected chi connectivity index (χ0v) is 13.1. The molecule has 2 aromatic rings. The summed E-state index contributed by atoms with van der Waals surface area (Å²) in [4.78, 5) is 12.6. The van der Waals surface area contributed by atoms with Gasteiger partial charge in [-0.25, -0.2) is 4.39 Å². The van der Waals surface area contributed by atoms with Crippen molar-refractivity contribution in [2.24, 2.45) is 0 Å². The quantitative estimate of drug-likeness (QED) is 0.858. The van der Waals surface area contributed by atoms with E-state index in [2.05, 4.69) is 5.32 Å². The van der Waals surface area contributed by atoms with Gasteiger partial charge < -0.3 is 10.4 Å². The molecule has 0 aliphatic rings. The Bertz CT molecular complexity index is 650. The van der Waals surface area contributed by atoms with E-state index in [1.165, 1.54) is 23.5 Å². The van der Waals surface area contributed by atoms with Gasteiger partial charge >= 0.3 is 0 Å². The second-order valence-electron chi connectivity index (χ2n) is 5.19. The van der Waals surface area contributed by atoms with Crippen LogP contribution in [0.5, 0.6) is 0 Å². The summed E-state index contributed by atoms with van der Waals surface area (Å²) in [6, 6.07) is 9.84. The lowest BCUT2D eigenvalue weighted by Gasteiger charge is -2.22. The highest BCUT2D eigenvalue weighted by Gasteiger charge is 2.24. The lowest BCUT2D eigenvalue weighted by atomic mass is 10.1. The molecule has 0 saturated carbocycles. The summed E-state index contributed by atoms with van der Waals surface area (Å²) in [7, 11) is 0. The van der Waals surface area contributed by atoms with Gasteiger partial charge in [-0.05, 0) is 36.1 Å². The molecule has 0 fully saturated rings. The summed E-state index contributed by atoms with van der Waals surface area (Å²) in [5.41, 5.74) is -0.366. The van der Waals surface area contributed by atoms with Gasteiger partial charge in [0.2, 0.25) is 5.91 Å². The van der Waals surface area contributed by atoms with Crippen LogP contribution in [0.2, 0.25) is 0 Å². The Morgan fingerprint density at radius 2 is 2.23 bits per heavy atom. The molecule has 1 aromatic heterocycles. The van der Waals surface area contributed by atoms with Crippen molar-refractivity contribution >= 4 is 23.3 Å². The Morgan fingerprint density at radius 3 is 2.91 bits per heavy atom. The molecule has 1 atom stereocenters. The molecule has 116 valence electrons. The van der Waals surface area contributed by atoms with Crippen molar-refractivity contribution < 1.29 is 14.3 Å². The van der Waals surface area contributed by atoms with Crippen molar-refractivity contribution in [2.75, 3.05) is 6.54 Å². The summed E-state index contributed by atoms with van der Waals surface area (Å²) in [6.07, 6.45) is 3.54. The largest absolute Gasteiger partial charge is 0.383 e. The minimum atomic E-state index is -1.07. The van der Waals surface area contributed by atoms with E-state index in [9.17, 15) is 14.3 Å². The van der Waals surface area contributed by atoms with Crippen LogP contribution in [-0.4, -0.2) is 17.6 Å². The van der Waals surface area contributed by atoms with Gasteiger partial charge in [-0.1, -0.05) is 30.4 Å². The van der Waals surface area contributed by atoms with Crippen LogP contribution in [0.3, 0.4) is 0 Å². The predicted octanol–water partition coefficient (Wildman–Crippen LogP) is 3.31. The van der Waals surface area contributed by atoms with Crippen LogP contribution in [0, 0.1) is 5.82 Å². The highest BCUT2D eigenvalue weighted by atomic mass is 32.1. The monoisotopic (exact) mass is 319 g/mol. The number of nitrogens with one attached hydrogen (secondary N) is 1. The number of rotatable bonds is 6. The van der Waals surface area contributed by atoms with Crippen LogP contribution in [0.15, 0.2) is 47.9 Å². The number of amides is 1. The summed E-state index contributed by atoms with van der Waals surface area (Å²) >= 11 is 1.45. The fourth-order valence-corrected chi connectivity index (χ4v) is 2.71. The smallest absolute Gasteiger partial charge is 0.223 e. The molecule has 2 rings (SSSR count). The molecule has 1 aromatic carbocycles. The molecule has 2 N–H and O–H groups in total. The van der Waals surface area contributed by atoms with Crippen LogP contribution in [0.1, 0.15) is 23.8 Å². The fourth-order valence-electron chi connectivity index (χ4n) is 1.93. The average Bonchev–Trinajstić information content (AvgIpc) is 3.00. The van der Waals surface area contributed by atoms with Gasteiger partial charge in [0.25, 0.3) is 0 Å². The maximum absolute atomic E-state index is 13.0. The lowest BCUT2D eigenvalue weighted by Crippen LogP contribution is -2.37. The van der Waals surface area contributed by atoms with Gasteiger partial charge in [-0.2, -0.15) is 0 Å². The molecular formula is C17H18FNO2S. The standard InChI is InChI=1S/C17H18FNO2S/c1-17(21,15-8-4-10-22-15)12-19-16(20)9-3-6-13-5-2-7-14(18)11-13/h2-8,10-11,21H,9,12H2,1H3,(H,19,20). The van der Waals surface area contributed by atoms with E-state index in [1.807, 2.05) is 17.5 Å². The SMILES string of the molecule is CC(O)(CNC(=O)CC=Cc1cccc(F)c1)c1cccs1.